The van der Waals surface area contributed by atoms with Gasteiger partial charge >= 0.3 is 6.18 Å². The van der Waals surface area contributed by atoms with Gasteiger partial charge in [0.15, 0.2) is 0 Å². The number of nitrogens with one attached hydrogen (secondary N) is 1. The van der Waals surface area contributed by atoms with Crippen molar-refractivity contribution in [3.8, 4) is 0 Å². The molecule has 2 aromatic heterocycles. The quantitative estimate of drug-likeness (QED) is 0.534. The normalized spacial score (nSPS) is 20.9. The molecule has 0 bridgehead atoms. The van der Waals surface area contributed by atoms with E-state index in [0.29, 0.717) is 61.2 Å². The maximum absolute atomic E-state index is 12.8. The van der Waals surface area contributed by atoms with E-state index in [4.69, 9.17) is 0 Å². The van der Waals surface area contributed by atoms with Crippen LogP contribution in [-0.4, -0.2) is 44.9 Å². The molecular formula is C26H25F3N4O3. The van der Waals surface area contributed by atoms with Crippen molar-refractivity contribution in [2.24, 2.45) is 0 Å². The minimum absolute atomic E-state index is 0.268. The van der Waals surface area contributed by atoms with Crippen molar-refractivity contribution < 1.29 is 27.9 Å². The van der Waals surface area contributed by atoms with E-state index >= 15 is 0 Å². The zero-order valence-corrected chi connectivity index (χ0v) is 19.4. The highest BCUT2D eigenvalue weighted by Crippen LogP contribution is 2.34. The number of carbonyl (C=O) groups is 2. The first-order valence-corrected chi connectivity index (χ1v) is 11.8. The summed E-state index contributed by atoms with van der Waals surface area (Å²) in [5, 5.41) is 13.7. The van der Waals surface area contributed by atoms with Gasteiger partial charge in [0.05, 0.1) is 28.2 Å². The number of amides is 2. The summed E-state index contributed by atoms with van der Waals surface area (Å²) in [4.78, 5) is 34.9. The minimum atomic E-state index is -4.36. The van der Waals surface area contributed by atoms with E-state index in [9.17, 15) is 27.9 Å². The van der Waals surface area contributed by atoms with E-state index < -0.39 is 23.3 Å². The van der Waals surface area contributed by atoms with Crippen LogP contribution in [0.25, 0.3) is 11.0 Å². The topological polar surface area (TPSA) is 95.4 Å². The zero-order valence-electron chi connectivity index (χ0n) is 19.4. The summed E-state index contributed by atoms with van der Waals surface area (Å²) >= 11 is 0. The molecule has 188 valence electrons. The Morgan fingerprint density at radius 2 is 1.78 bits per heavy atom. The van der Waals surface area contributed by atoms with Gasteiger partial charge in [-0.05, 0) is 60.7 Å². The lowest BCUT2D eigenvalue weighted by atomic mass is 9.87. The summed E-state index contributed by atoms with van der Waals surface area (Å²) in [6.45, 7) is 1.62. The molecular weight excluding hydrogens is 473 g/mol. The molecule has 0 radical (unpaired) electrons. The molecule has 2 aliphatic heterocycles. The minimum Gasteiger partial charge on any atom is -0.383 e. The van der Waals surface area contributed by atoms with E-state index in [2.05, 4.69) is 20.2 Å². The van der Waals surface area contributed by atoms with Gasteiger partial charge < -0.3 is 5.11 Å². The van der Waals surface area contributed by atoms with Crippen molar-refractivity contribution in [3.63, 3.8) is 0 Å². The van der Waals surface area contributed by atoms with Crippen LogP contribution in [0.2, 0.25) is 0 Å². The zero-order chi connectivity index (χ0) is 25.5. The largest absolute Gasteiger partial charge is 0.416 e. The molecule has 36 heavy (non-hydrogen) atoms. The van der Waals surface area contributed by atoms with Crippen molar-refractivity contribution in [1.82, 2.24) is 20.2 Å². The highest BCUT2D eigenvalue weighted by molar-refractivity contribution is 6.01. The van der Waals surface area contributed by atoms with Gasteiger partial charge in [-0.3, -0.25) is 24.8 Å². The first-order valence-electron chi connectivity index (χ1n) is 11.8. The molecule has 7 nitrogen and oxygen atoms in total. The van der Waals surface area contributed by atoms with Crippen LogP contribution in [-0.2, 0) is 27.9 Å². The van der Waals surface area contributed by atoms with Crippen molar-refractivity contribution in [1.29, 1.82) is 0 Å². The fourth-order valence-corrected chi connectivity index (χ4v) is 4.88. The van der Waals surface area contributed by atoms with E-state index in [1.165, 1.54) is 12.1 Å². The Labute approximate surface area is 205 Å². The number of nitrogens with zero attached hydrogens (tertiary/aromatic N) is 3. The van der Waals surface area contributed by atoms with Crippen LogP contribution in [0, 0.1) is 0 Å². The Kier molecular flexibility index (Phi) is 6.25. The van der Waals surface area contributed by atoms with Crippen LogP contribution in [0.15, 0.2) is 48.7 Å². The molecule has 2 fully saturated rings. The van der Waals surface area contributed by atoms with E-state index in [1.807, 2.05) is 0 Å². The van der Waals surface area contributed by atoms with E-state index in [-0.39, 0.29) is 18.2 Å². The van der Waals surface area contributed by atoms with Gasteiger partial charge in [-0.2, -0.15) is 13.2 Å². The summed E-state index contributed by atoms with van der Waals surface area (Å²) in [6.07, 6.45) is -1.21. The Balaban J connectivity index is 1.28. The molecule has 1 atom stereocenters. The molecule has 4 heterocycles. The second kappa shape index (κ2) is 9.25. The molecule has 5 rings (SSSR count). The van der Waals surface area contributed by atoms with Gasteiger partial charge in [0.25, 0.3) is 0 Å². The number of carbonyl (C=O) groups excluding carboxylic acids is 2. The number of rotatable bonds is 4. The fourth-order valence-electron chi connectivity index (χ4n) is 4.88. The second-order valence-corrected chi connectivity index (χ2v) is 9.51. The number of hydrogen-bond donors (Lipinski definition) is 2. The average Bonchev–Trinajstić information content (AvgIpc) is 2.85. The van der Waals surface area contributed by atoms with Gasteiger partial charge in [-0.15, -0.1) is 0 Å². The standard InChI is InChI=1S/C26H25F3N4O3/c27-26(28,29)18-3-1-16(2-4-18)15-33-11-9-25(36,10-12-33)22-7-6-20-21(31-22)13-17(14-30-20)19-5-8-23(34)32-24(19)35/h1-4,6-7,13-14,19,36H,5,8-12,15H2,(H,32,34,35). The molecule has 0 aliphatic carbocycles. The predicted molar refractivity (Wildman–Crippen MR) is 125 cm³/mol. The maximum atomic E-state index is 12.8. The molecule has 0 spiro atoms. The lowest BCUT2D eigenvalue weighted by Crippen LogP contribution is -2.42. The number of imide groups is 1. The molecule has 10 heteroatoms. The highest BCUT2D eigenvalue weighted by Gasteiger charge is 2.36. The van der Waals surface area contributed by atoms with Gasteiger partial charge in [-0.25, -0.2) is 4.98 Å². The molecule has 2 aliphatic rings. The lowest BCUT2D eigenvalue weighted by molar-refractivity contribution is -0.138. The Bertz CT molecular complexity index is 1300. The summed E-state index contributed by atoms with van der Waals surface area (Å²) in [6, 6.07) is 10.5. The smallest absolute Gasteiger partial charge is 0.383 e. The summed E-state index contributed by atoms with van der Waals surface area (Å²) in [7, 11) is 0. The average molecular weight is 499 g/mol. The van der Waals surface area contributed by atoms with Crippen LogP contribution >= 0.6 is 0 Å². The molecule has 2 N–H and O–H groups in total. The molecule has 1 aromatic carbocycles. The number of hydrogen-bond acceptors (Lipinski definition) is 6. The van der Waals surface area contributed by atoms with Crippen LogP contribution < -0.4 is 5.32 Å². The highest BCUT2D eigenvalue weighted by atomic mass is 19.4. The SMILES string of the molecule is O=C1CCC(c2cnc3ccc(C4(O)CCN(Cc5ccc(C(F)(F)F)cc5)CC4)nc3c2)C(=O)N1. The molecule has 1 unspecified atom stereocenters. The predicted octanol–water partition coefficient (Wildman–Crippen LogP) is 3.65. The summed E-state index contributed by atoms with van der Waals surface area (Å²) in [5.41, 5.74) is 1.37. The lowest BCUT2D eigenvalue weighted by Gasteiger charge is -2.38. The molecule has 3 aromatic rings. The van der Waals surface area contributed by atoms with E-state index in [0.717, 1.165) is 17.7 Å². The van der Waals surface area contributed by atoms with Gasteiger partial charge in [0.2, 0.25) is 11.8 Å². The van der Waals surface area contributed by atoms with Gasteiger partial charge in [0, 0.05) is 32.3 Å². The van der Waals surface area contributed by atoms with Gasteiger partial charge in [0.1, 0.15) is 5.60 Å². The number of piperidine rings is 2. The second-order valence-electron chi connectivity index (χ2n) is 9.51. The van der Waals surface area contributed by atoms with Crippen molar-refractivity contribution >= 4 is 22.8 Å². The number of fused-ring (bicyclic) bond motifs is 1. The third kappa shape index (κ3) is 4.96. The number of likely N-dealkylation sites (tertiary alicyclic amines) is 1. The van der Waals surface area contributed by atoms with Crippen molar-refractivity contribution in [3.05, 3.63) is 71.0 Å². The fraction of sp³-hybridized carbons (Fsp3) is 0.385. The number of benzene rings is 1. The van der Waals surface area contributed by atoms with Crippen LogP contribution in [0.4, 0.5) is 13.2 Å². The molecule has 2 saturated heterocycles. The van der Waals surface area contributed by atoms with Crippen LogP contribution in [0.3, 0.4) is 0 Å². The monoisotopic (exact) mass is 498 g/mol. The first kappa shape index (κ1) is 24.3. The van der Waals surface area contributed by atoms with Crippen LogP contribution in [0.5, 0.6) is 0 Å². The summed E-state index contributed by atoms with van der Waals surface area (Å²) in [5.74, 6) is -1.10. The van der Waals surface area contributed by atoms with Crippen molar-refractivity contribution in [2.45, 2.75) is 49.9 Å². The third-order valence-electron chi connectivity index (χ3n) is 7.05. The number of halogens is 3. The third-order valence-corrected chi connectivity index (χ3v) is 7.05. The Morgan fingerprint density at radius 3 is 2.44 bits per heavy atom. The number of alkyl halides is 3. The summed E-state index contributed by atoms with van der Waals surface area (Å²) < 4.78 is 38.4. The Morgan fingerprint density at radius 1 is 1.06 bits per heavy atom. The van der Waals surface area contributed by atoms with Gasteiger partial charge in [-0.1, -0.05) is 12.1 Å². The first-order chi connectivity index (χ1) is 17.1. The number of pyridine rings is 2. The Hall–Kier alpha value is -3.37. The number of aromatic nitrogens is 2. The van der Waals surface area contributed by atoms with Crippen molar-refractivity contribution in [2.75, 3.05) is 13.1 Å². The van der Waals surface area contributed by atoms with Crippen LogP contribution in [0.1, 0.15) is 54.0 Å². The maximum Gasteiger partial charge on any atom is 0.416 e. The molecule has 2 amide bonds. The molecule has 0 saturated carbocycles. The number of aliphatic hydroxyl groups is 1. The van der Waals surface area contributed by atoms with E-state index in [1.54, 1.807) is 24.4 Å².